The van der Waals surface area contributed by atoms with Crippen molar-refractivity contribution >= 4 is 10.9 Å². The maximum atomic E-state index is 3.63. The average molecular weight is 262 g/mol. The van der Waals surface area contributed by atoms with Crippen LogP contribution < -0.4 is 5.32 Å². The number of H-pyrrole nitrogens is 1. The molecule has 1 aromatic heterocycles. The van der Waals surface area contributed by atoms with Gasteiger partial charge in [0.25, 0.3) is 0 Å². The minimum absolute atomic E-state index is 1.07. The Bertz CT molecular complexity index is 741. The van der Waals surface area contributed by atoms with Gasteiger partial charge in [0.15, 0.2) is 0 Å². The summed E-state index contributed by atoms with van der Waals surface area (Å²) in [7, 11) is 0. The molecule has 1 aliphatic heterocycles. The third-order valence-electron chi connectivity index (χ3n) is 4.21. The largest absolute Gasteiger partial charge is 0.358 e. The number of aromatic amines is 1. The van der Waals surface area contributed by atoms with E-state index in [0.29, 0.717) is 0 Å². The molecule has 2 nitrogen and oxygen atoms in total. The van der Waals surface area contributed by atoms with Crippen LogP contribution in [0.2, 0.25) is 0 Å². The lowest BCUT2D eigenvalue weighted by atomic mass is 10.0. The lowest BCUT2D eigenvalue weighted by Gasteiger charge is -2.03. The standard InChI is InChI=1S/C18H18N2/c1-2-4-13(5-3-1)14-6-7-15-16-8-10-19-11-9-17(16)20-18(15)12-14/h1-7,12,19-20H,8-11H2. The number of aromatic nitrogens is 1. The van der Waals surface area contributed by atoms with Crippen molar-refractivity contribution in [3.05, 3.63) is 59.8 Å². The Morgan fingerprint density at radius 2 is 1.65 bits per heavy atom. The first kappa shape index (κ1) is 11.7. The Morgan fingerprint density at radius 3 is 2.55 bits per heavy atom. The summed E-state index contributed by atoms with van der Waals surface area (Å²) >= 11 is 0. The van der Waals surface area contributed by atoms with E-state index in [-0.39, 0.29) is 0 Å². The molecule has 0 radical (unpaired) electrons. The van der Waals surface area contributed by atoms with E-state index in [9.17, 15) is 0 Å². The van der Waals surface area contributed by atoms with Gasteiger partial charge in [0, 0.05) is 29.6 Å². The van der Waals surface area contributed by atoms with Gasteiger partial charge in [-0.25, -0.2) is 0 Å². The lowest BCUT2D eigenvalue weighted by Crippen LogP contribution is -2.16. The molecule has 3 aromatic rings. The van der Waals surface area contributed by atoms with Crippen molar-refractivity contribution in [3.63, 3.8) is 0 Å². The molecule has 2 heterocycles. The first-order chi connectivity index (χ1) is 9.92. The highest BCUT2D eigenvalue weighted by Crippen LogP contribution is 2.29. The topological polar surface area (TPSA) is 27.8 Å². The molecule has 0 saturated heterocycles. The Kier molecular flexibility index (Phi) is 2.82. The van der Waals surface area contributed by atoms with Gasteiger partial charge in [-0.2, -0.15) is 0 Å². The molecule has 0 atom stereocenters. The van der Waals surface area contributed by atoms with E-state index in [1.165, 1.54) is 33.3 Å². The Morgan fingerprint density at radius 1 is 0.800 bits per heavy atom. The van der Waals surface area contributed by atoms with Crippen molar-refractivity contribution in [2.45, 2.75) is 12.8 Å². The summed E-state index contributed by atoms with van der Waals surface area (Å²) in [5.41, 5.74) is 6.76. The fraction of sp³-hybridized carbons (Fsp3) is 0.222. The number of rotatable bonds is 1. The molecule has 0 bridgehead atoms. The molecule has 2 aromatic carbocycles. The molecular weight excluding hydrogens is 244 g/mol. The molecular formula is C18H18N2. The van der Waals surface area contributed by atoms with Crippen molar-refractivity contribution in [2.75, 3.05) is 13.1 Å². The molecule has 2 N–H and O–H groups in total. The van der Waals surface area contributed by atoms with Gasteiger partial charge in [0.2, 0.25) is 0 Å². The molecule has 4 rings (SSSR count). The van der Waals surface area contributed by atoms with Crippen LogP contribution in [-0.4, -0.2) is 18.1 Å². The summed E-state index contributed by atoms with van der Waals surface area (Å²) in [5, 5.41) is 4.85. The van der Waals surface area contributed by atoms with Crippen LogP contribution in [0.25, 0.3) is 22.0 Å². The average Bonchev–Trinajstić information content (AvgIpc) is 2.68. The van der Waals surface area contributed by atoms with Crippen LogP contribution in [0.1, 0.15) is 11.3 Å². The summed E-state index contributed by atoms with van der Waals surface area (Å²) in [6.07, 6.45) is 2.23. The van der Waals surface area contributed by atoms with Gasteiger partial charge in [-0.3, -0.25) is 0 Å². The van der Waals surface area contributed by atoms with Crippen molar-refractivity contribution in [2.24, 2.45) is 0 Å². The highest BCUT2D eigenvalue weighted by Gasteiger charge is 2.14. The van der Waals surface area contributed by atoms with Crippen LogP contribution in [0.3, 0.4) is 0 Å². The summed E-state index contributed by atoms with van der Waals surface area (Å²) in [5.74, 6) is 0. The van der Waals surface area contributed by atoms with Gasteiger partial charge in [0.1, 0.15) is 0 Å². The smallest absolute Gasteiger partial charge is 0.0465 e. The van der Waals surface area contributed by atoms with E-state index in [4.69, 9.17) is 0 Å². The maximum absolute atomic E-state index is 3.63. The molecule has 0 spiro atoms. The first-order valence-corrected chi connectivity index (χ1v) is 7.31. The number of nitrogens with one attached hydrogen (secondary N) is 2. The summed E-state index contributed by atoms with van der Waals surface area (Å²) in [4.78, 5) is 3.63. The van der Waals surface area contributed by atoms with Crippen LogP contribution in [-0.2, 0) is 12.8 Å². The second-order valence-corrected chi connectivity index (χ2v) is 5.46. The fourth-order valence-corrected chi connectivity index (χ4v) is 3.17. The van der Waals surface area contributed by atoms with E-state index in [1.807, 2.05) is 0 Å². The quantitative estimate of drug-likeness (QED) is 0.690. The summed E-state index contributed by atoms with van der Waals surface area (Å²) < 4.78 is 0. The normalized spacial score (nSPS) is 15.0. The van der Waals surface area contributed by atoms with Crippen molar-refractivity contribution in [3.8, 4) is 11.1 Å². The predicted molar refractivity (Wildman–Crippen MR) is 84.0 cm³/mol. The minimum atomic E-state index is 1.07. The van der Waals surface area contributed by atoms with Gasteiger partial charge in [-0.15, -0.1) is 0 Å². The van der Waals surface area contributed by atoms with Crippen molar-refractivity contribution in [1.29, 1.82) is 0 Å². The Hall–Kier alpha value is -2.06. The monoisotopic (exact) mass is 262 g/mol. The fourth-order valence-electron chi connectivity index (χ4n) is 3.17. The molecule has 2 heteroatoms. The van der Waals surface area contributed by atoms with Crippen molar-refractivity contribution < 1.29 is 0 Å². The van der Waals surface area contributed by atoms with Crippen molar-refractivity contribution in [1.82, 2.24) is 10.3 Å². The van der Waals surface area contributed by atoms with E-state index >= 15 is 0 Å². The molecule has 100 valence electrons. The molecule has 0 aliphatic carbocycles. The van der Waals surface area contributed by atoms with Gasteiger partial charge >= 0.3 is 0 Å². The van der Waals surface area contributed by atoms with E-state index in [1.54, 1.807) is 0 Å². The molecule has 0 saturated carbocycles. The van der Waals surface area contributed by atoms with E-state index in [0.717, 1.165) is 25.9 Å². The summed E-state index contributed by atoms with van der Waals surface area (Å²) in [6.45, 7) is 2.16. The Balaban J connectivity index is 1.85. The molecule has 0 fully saturated rings. The number of hydrogen-bond acceptors (Lipinski definition) is 1. The third kappa shape index (κ3) is 1.93. The third-order valence-corrected chi connectivity index (χ3v) is 4.21. The SMILES string of the molecule is c1ccc(-c2ccc3c4c([nH]c3c2)CCNCC4)cc1. The highest BCUT2D eigenvalue weighted by molar-refractivity contribution is 5.89. The molecule has 20 heavy (non-hydrogen) atoms. The van der Waals surface area contributed by atoms with Crippen LogP contribution in [0.15, 0.2) is 48.5 Å². The molecule has 0 unspecified atom stereocenters. The maximum Gasteiger partial charge on any atom is 0.0465 e. The van der Waals surface area contributed by atoms with Gasteiger partial charge in [-0.05, 0) is 35.7 Å². The van der Waals surface area contributed by atoms with Crippen LogP contribution in [0.5, 0.6) is 0 Å². The first-order valence-electron chi connectivity index (χ1n) is 7.31. The second-order valence-electron chi connectivity index (χ2n) is 5.46. The van der Waals surface area contributed by atoms with E-state index < -0.39 is 0 Å². The van der Waals surface area contributed by atoms with Crippen LogP contribution in [0.4, 0.5) is 0 Å². The number of fused-ring (bicyclic) bond motifs is 3. The molecule has 1 aliphatic rings. The van der Waals surface area contributed by atoms with Crippen LogP contribution in [0, 0.1) is 0 Å². The van der Waals surface area contributed by atoms with Gasteiger partial charge < -0.3 is 10.3 Å². The lowest BCUT2D eigenvalue weighted by molar-refractivity contribution is 0.708. The zero-order chi connectivity index (χ0) is 13.4. The zero-order valence-corrected chi connectivity index (χ0v) is 11.4. The van der Waals surface area contributed by atoms with Gasteiger partial charge in [-0.1, -0.05) is 42.5 Å². The number of benzene rings is 2. The van der Waals surface area contributed by atoms with Gasteiger partial charge in [0.05, 0.1) is 0 Å². The second kappa shape index (κ2) is 4.80. The predicted octanol–water partition coefficient (Wildman–Crippen LogP) is 3.52. The highest BCUT2D eigenvalue weighted by atomic mass is 14.9. The molecule has 0 amide bonds. The number of hydrogen-bond donors (Lipinski definition) is 2. The Labute approximate surface area is 118 Å². The van der Waals surface area contributed by atoms with Crippen LogP contribution >= 0.6 is 0 Å². The van der Waals surface area contributed by atoms with E-state index in [2.05, 4.69) is 58.8 Å². The minimum Gasteiger partial charge on any atom is -0.358 e. The summed E-state index contributed by atoms with van der Waals surface area (Å²) in [6, 6.07) is 17.4. The zero-order valence-electron chi connectivity index (χ0n) is 11.4.